The Kier molecular flexibility index (Phi) is 2.37. The van der Waals surface area contributed by atoms with Gasteiger partial charge in [0.2, 0.25) is 0 Å². The van der Waals surface area contributed by atoms with E-state index in [9.17, 15) is 5.11 Å². The van der Waals surface area contributed by atoms with Crippen molar-refractivity contribution in [3.8, 4) is 16.9 Å². The van der Waals surface area contributed by atoms with E-state index in [1.807, 2.05) is 12.1 Å². The molecule has 0 spiro atoms. The van der Waals surface area contributed by atoms with Crippen LogP contribution in [0.3, 0.4) is 0 Å². The van der Waals surface area contributed by atoms with Crippen LogP contribution in [0.25, 0.3) is 11.1 Å². The molecule has 0 fully saturated rings. The Hall–Kier alpha value is -1.54. The van der Waals surface area contributed by atoms with Gasteiger partial charge in [0.15, 0.2) is 0 Å². The number of hydrogen-bond donors (Lipinski definition) is 1. The van der Waals surface area contributed by atoms with Gasteiger partial charge in [0.05, 0.1) is 0 Å². The van der Waals surface area contributed by atoms with Crippen molar-refractivity contribution in [1.29, 1.82) is 0 Å². The van der Waals surface area contributed by atoms with Gasteiger partial charge in [-0.2, -0.15) is 0 Å². The molecule has 2 nitrogen and oxygen atoms in total. The molecular formula is C11H8ClNO. The molecule has 0 saturated carbocycles. The fraction of sp³-hybridized carbons (Fsp3) is 0. The van der Waals surface area contributed by atoms with Crippen LogP contribution >= 0.6 is 11.6 Å². The summed E-state index contributed by atoms with van der Waals surface area (Å²) in [5.74, 6) is 0.223. The lowest BCUT2D eigenvalue weighted by atomic mass is 10.1. The standard InChI is InChI=1S/C11H8ClNO/c12-9-1-2-11(14)10(7-9)8-3-5-13-6-4-8/h1-7,14H. The van der Waals surface area contributed by atoms with Gasteiger partial charge >= 0.3 is 0 Å². The minimum absolute atomic E-state index is 0.223. The van der Waals surface area contributed by atoms with Gasteiger partial charge in [-0.3, -0.25) is 4.98 Å². The molecular weight excluding hydrogens is 198 g/mol. The highest BCUT2D eigenvalue weighted by atomic mass is 35.5. The second kappa shape index (κ2) is 3.68. The molecule has 0 unspecified atom stereocenters. The van der Waals surface area contributed by atoms with Crippen LogP contribution in [0.1, 0.15) is 0 Å². The molecule has 0 aliphatic heterocycles. The Morgan fingerprint density at radius 2 is 1.79 bits per heavy atom. The third kappa shape index (κ3) is 1.70. The molecule has 0 amide bonds. The van der Waals surface area contributed by atoms with E-state index in [4.69, 9.17) is 11.6 Å². The first-order chi connectivity index (χ1) is 6.77. The minimum atomic E-state index is 0.223. The summed E-state index contributed by atoms with van der Waals surface area (Å²) in [6.45, 7) is 0. The Bertz CT molecular complexity index is 442. The molecule has 2 aromatic rings. The SMILES string of the molecule is Oc1ccc(Cl)cc1-c1ccncc1. The summed E-state index contributed by atoms with van der Waals surface area (Å²) in [7, 11) is 0. The first-order valence-electron chi connectivity index (χ1n) is 4.16. The van der Waals surface area contributed by atoms with Crippen LogP contribution in [-0.2, 0) is 0 Å². The quantitative estimate of drug-likeness (QED) is 0.776. The Morgan fingerprint density at radius 3 is 2.50 bits per heavy atom. The van der Waals surface area contributed by atoms with Gasteiger partial charge in [0, 0.05) is 23.0 Å². The maximum Gasteiger partial charge on any atom is 0.123 e. The van der Waals surface area contributed by atoms with E-state index in [0.29, 0.717) is 5.02 Å². The molecule has 14 heavy (non-hydrogen) atoms. The van der Waals surface area contributed by atoms with Crippen molar-refractivity contribution >= 4 is 11.6 Å². The van der Waals surface area contributed by atoms with Gasteiger partial charge in [-0.25, -0.2) is 0 Å². The van der Waals surface area contributed by atoms with Crippen molar-refractivity contribution in [2.24, 2.45) is 0 Å². The zero-order chi connectivity index (χ0) is 9.97. The third-order valence-corrected chi connectivity index (χ3v) is 2.19. The summed E-state index contributed by atoms with van der Waals surface area (Å²) < 4.78 is 0. The number of rotatable bonds is 1. The summed E-state index contributed by atoms with van der Waals surface area (Å²) in [4.78, 5) is 3.91. The summed E-state index contributed by atoms with van der Waals surface area (Å²) >= 11 is 5.84. The molecule has 3 heteroatoms. The predicted octanol–water partition coefficient (Wildman–Crippen LogP) is 3.11. The van der Waals surface area contributed by atoms with Crippen molar-refractivity contribution in [2.45, 2.75) is 0 Å². The van der Waals surface area contributed by atoms with Gasteiger partial charge in [-0.15, -0.1) is 0 Å². The van der Waals surface area contributed by atoms with E-state index in [2.05, 4.69) is 4.98 Å². The summed E-state index contributed by atoms with van der Waals surface area (Å²) in [6.07, 6.45) is 3.35. The van der Waals surface area contributed by atoms with Crippen molar-refractivity contribution in [3.05, 3.63) is 47.7 Å². The summed E-state index contributed by atoms with van der Waals surface area (Å²) in [5, 5.41) is 10.2. The Labute approximate surface area is 86.8 Å². The largest absolute Gasteiger partial charge is 0.507 e. The molecule has 0 radical (unpaired) electrons. The van der Waals surface area contributed by atoms with Gasteiger partial charge in [0.1, 0.15) is 5.75 Å². The van der Waals surface area contributed by atoms with Gasteiger partial charge in [-0.1, -0.05) is 11.6 Å². The van der Waals surface area contributed by atoms with Crippen LogP contribution in [0.15, 0.2) is 42.7 Å². The lowest BCUT2D eigenvalue weighted by molar-refractivity contribution is 0.477. The molecule has 0 saturated heterocycles. The monoisotopic (exact) mass is 205 g/mol. The number of phenolic OH excluding ortho intramolecular Hbond substituents is 1. The maximum atomic E-state index is 9.61. The average Bonchev–Trinajstić information content (AvgIpc) is 2.23. The number of phenols is 1. The highest BCUT2D eigenvalue weighted by molar-refractivity contribution is 6.30. The van der Waals surface area contributed by atoms with E-state index in [1.165, 1.54) is 0 Å². The summed E-state index contributed by atoms with van der Waals surface area (Å²) in [5.41, 5.74) is 1.62. The highest BCUT2D eigenvalue weighted by Gasteiger charge is 2.03. The lowest BCUT2D eigenvalue weighted by Crippen LogP contribution is -1.79. The van der Waals surface area contributed by atoms with Crippen molar-refractivity contribution in [3.63, 3.8) is 0 Å². The second-order valence-electron chi connectivity index (χ2n) is 2.90. The van der Waals surface area contributed by atoms with Crippen LogP contribution in [0.4, 0.5) is 0 Å². The topological polar surface area (TPSA) is 33.1 Å². The molecule has 1 heterocycles. The number of benzene rings is 1. The number of hydrogen-bond acceptors (Lipinski definition) is 2. The second-order valence-corrected chi connectivity index (χ2v) is 3.33. The minimum Gasteiger partial charge on any atom is -0.507 e. The van der Waals surface area contributed by atoms with E-state index in [-0.39, 0.29) is 5.75 Å². The molecule has 0 atom stereocenters. The number of aromatic hydroxyl groups is 1. The smallest absolute Gasteiger partial charge is 0.123 e. The maximum absolute atomic E-state index is 9.61. The van der Waals surface area contributed by atoms with Gasteiger partial charge in [0.25, 0.3) is 0 Å². The lowest BCUT2D eigenvalue weighted by Gasteiger charge is -2.04. The average molecular weight is 206 g/mol. The number of nitrogens with zero attached hydrogens (tertiary/aromatic N) is 1. The predicted molar refractivity (Wildman–Crippen MR) is 56.3 cm³/mol. The molecule has 0 aliphatic rings. The fourth-order valence-electron chi connectivity index (χ4n) is 1.27. The van der Waals surface area contributed by atoms with E-state index in [0.717, 1.165) is 11.1 Å². The molecule has 1 aromatic carbocycles. The number of halogens is 1. The zero-order valence-corrected chi connectivity index (χ0v) is 8.07. The molecule has 1 aromatic heterocycles. The highest BCUT2D eigenvalue weighted by Crippen LogP contribution is 2.30. The van der Waals surface area contributed by atoms with Crippen LogP contribution < -0.4 is 0 Å². The van der Waals surface area contributed by atoms with E-state index < -0.39 is 0 Å². The first-order valence-corrected chi connectivity index (χ1v) is 4.54. The molecule has 0 aliphatic carbocycles. The Balaban J connectivity index is 2.57. The van der Waals surface area contributed by atoms with Crippen LogP contribution in [0.2, 0.25) is 5.02 Å². The molecule has 1 N–H and O–H groups in total. The Morgan fingerprint density at radius 1 is 1.07 bits per heavy atom. The fourth-order valence-corrected chi connectivity index (χ4v) is 1.44. The van der Waals surface area contributed by atoms with Gasteiger partial charge < -0.3 is 5.11 Å². The zero-order valence-electron chi connectivity index (χ0n) is 7.31. The van der Waals surface area contributed by atoms with Crippen LogP contribution in [0, 0.1) is 0 Å². The van der Waals surface area contributed by atoms with Crippen LogP contribution in [-0.4, -0.2) is 10.1 Å². The molecule has 70 valence electrons. The van der Waals surface area contributed by atoms with Crippen LogP contribution in [0.5, 0.6) is 5.75 Å². The molecule has 2 rings (SSSR count). The number of aromatic nitrogens is 1. The van der Waals surface area contributed by atoms with Crippen molar-refractivity contribution < 1.29 is 5.11 Å². The van der Waals surface area contributed by atoms with Crippen molar-refractivity contribution in [1.82, 2.24) is 4.98 Å². The molecule has 0 bridgehead atoms. The third-order valence-electron chi connectivity index (χ3n) is 1.95. The normalized spacial score (nSPS) is 10.1. The summed E-state index contributed by atoms with van der Waals surface area (Å²) in [6, 6.07) is 8.61. The van der Waals surface area contributed by atoms with E-state index >= 15 is 0 Å². The van der Waals surface area contributed by atoms with Crippen molar-refractivity contribution in [2.75, 3.05) is 0 Å². The van der Waals surface area contributed by atoms with Gasteiger partial charge in [-0.05, 0) is 35.9 Å². The first kappa shape index (κ1) is 9.03. The van der Waals surface area contributed by atoms with E-state index in [1.54, 1.807) is 30.6 Å². The number of pyridine rings is 1.